The van der Waals surface area contributed by atoms with Gasteiger partial charge in [-0.2, -0.15) is 5.10 Å². The normalized spacial score (nSPS) is 16.5. The molecule has 1 aliphatic heterocycles. The number of anilines is 1. The molecule has 6 nitrogen and oxygen atoms in total. The number of rotatable bonds is 4. The minimum Gasteiger partial charge on any atom is -0.324 e. The van der Waals surface area contributed by atoms with E-state index in [-0.39, 0.29) is 5.91 Å². The molecule has 0 aliphatic carbocycles. The number of nitrogens with one attached hydrogen (secondary N) is 2. The fraction of sp³-hybridized carbons (Fsp3) is 0.278. The van der Waals surface area contributed by atoms with Crippen molar-refractivity contribution in [2.24, 2.45) is 0 Å². The third-order valence-corrected chi connectivity index (χ3v) is 5.42. The average Bonchev–Trinajstić information content (AvgIpc) is 3.36. The second-order valence-corrected chi connectivity index (χ2v) is 7.00. The van der Waals surface area contributed by atoms with E-state index in [1.54, 1.807) is 28.4 Å². The van der Waals surface area contributed by atoms with Gasteiger partial charge in [0, 0.05) is 35.2 Å². The number of piperidine rings is 1. The van der Waals surface area contributed by atoms with E-state index in [0.29, 0.717) is 12.8 Å². The number of hydrogen-bond acceptors (Lipinski definition) is 5. The molecule has 1 aliphatic rings. The third kappa shape index (κ3) is 3.08. The summed E-state index contributed by atoms with van der Waals surface area (Å²) in [6.07, 6.45) is 6.81. The Morgan fingerprint density at radius 3 is 2.84 bits per heavy atom. The van der Waals surface area contributed by atoms with Crippen LogP contribution in [0.5, 0.6) is 0 Å². The molecule has 1 fully saturated rings. The Kier molecular flexibility index (Phi) is 4.33. The van der Waals surface area contributed by atoms with E-state index in [2.05, 4.69) is 20.7 Å². The van der Waals surface area contributed by atoms with Crippen LogP contribution in [-0.4, -0.2) is 33.8 Å². The maximum Gasteiger partial charge on any atom is 0.252 e. The first-order valence-corrected chi connectivity index (χ1v) is 9.18. The second kappa shape index (κ2) is 6.78. The molecule has 7 heteroatoms. The summed E-state index contributed by atoms with van der Waals surface area (Å²) in [5.41, 5.74) is 1.14. The molecule has 3 aromatic rings. The van der Waals surface area contributed by atoms with Crippen molar-refractivity contribution in [2.75, 3.05) is 18.4 Å². The predicted molar refractivity (Wildman–Crippen MR) is 98.5 cm³/mol. The topological polar surface area (TPSA) is 71.8 Å². The zero-order chi connectivity index (χ0) is 17.1. The van der Waals surface area contributed by atoms with E-state index in [9.17, 15) is 4.79 Å². The van der Waals surface area contributed by atoms with E-state index < -0.39 is 5.54 Å². The Morgan fingerprint density at radius 1 is 1.24 bits per heavy atom. The first-order chi connectivity index (χ1) is 12.3. The molecule has 1 aromatic carbocycles. The predicted octanol–water partition coefficient (Wildman–Crippen LogP) is 2.72. The van der Waals surface area contributed by atoms with Gasteiger partial charge in [-0.1, -0.05) is 12.1 Å². The van der Waals surface area contributed by atoms with Gasteiger partial charge in [-0.25, -0.2) is 4.98 Å². The Balaban J connectivity index is 1.61. The number of aromatic nitrogens is 3. The van der Waals surface area contributed by atoms with Gasteiger partial charge < -0.3 is 10.6 Å². The lowest BCUT2D eigenvalue weighted by atomic mass is 9.87. The van der Waals surface area contributed by atoms with Gasteiger partial charge in [0.1, 0.15) is 10.5 Å². The van der Waals surface area contributed by atoms with Crippen LogP contribution in [-0.2, 0) is 10.3 Å². The quantitative estimate of drug-likeness (QED) is 0.756. The maximum absolute atomic E-state index is 13.2. The molecule has 0 radical (unpaired) electrons. The lowest BCUT2D eigenvalue weighted by Crippen LogP contribution is -2.52. The lowest BCUT2D eigenvalue weighted by molar-refractivity contribution is -0.126. The maximum atomic E-state index is 13.2. The summed E-state index contributed by atoms with van der Waals surface area (Å²) in [6, 6.07) is 9.68. The molecule has 4 rings (SSSR count). The molecule has 2 N–H and O–H groups in total. The molecule has 0 spiro atoms. The highest BCUT2D eigenvalue weighted by Crippen LogP contribution is 2.30. The monoisotopic (exact) mass is 353 g/mol. The second-order valence-electron chi connectivity index (χ2n) is 6.10. The third-order valence-electron chi connectivity index (χ3n) is 4.60. The van der Waals surface area contributed by atoms with E-state index >= 15 is 0 Å². The summed E-state index contributed by atoms with van der Waals surface area (Å²) < 4.78 is 1.80. The number of hydrogen-bond donors (Lipinski definition) is 2. The van der Waals surface area contributed by atoms with Gasteiger partial charge in [0.2, 0.25) is 0 Å². The van der Waals surface area contributed by atoms with Crippen LogP contribution in [0.2, 0.25) is 0 Å². The smallest absolute Gasteiger partial charge is 0.252 e. The molecule has 0 saturated carbocycles. The molecule has 0 unspecified atom stereocenters. The molecule has 0 atom stereocenters. The zero-order valence-electron chi connectivity index (χ0n) is 13.7. The van der Waals surface area contributed by atoms with Crippen LogP contribution in [0.15, 0.2) is 54.3 Å². The van der Waals surface area contributed by atoms with Crippen LogP contribution in [0.4, 0.5) is 5.69 Å². The summed E-state index contributed by atoms with van der Waals surface area (Å²) in [7, 11) is 0. The van der Waals surface area contributed by atoms with Crippen molar-refractivity contribution < 1.29 is 4.79 Å². The summed E-state index contributed by atoms with van der Waals surface area (Å²) in [5.74, 6) is -0.0195. The van der Waals surface area contributed by atoms with Crippen molar-refractivity contribution in [3.8, 4) is 10.6 Å². The number of carbonyl (C=O) groups is 1. The van der Waals surface area contributed by atoms with Crippen molar-refractivity contribution >= 4 is 22.9 Å². The SMILES string of the molecule is O=C(Nc1cccc(-c2nccs2)c1)C1(n2cccn2)CCNCC1. The Morgan fingerprint density at radius 2 is 2.12 bits per heavy atom. The van der Waals surface area contributed by atoms with Crippen LogP contribution in [0, 0.1) is 0 Å². The van der Waals surface area contributed by atoms with Crippen LogP contribution >= 0.6 is 11.3 Å². The van der Waals surface area contributed by atoms with Crippen molar-refractivity contribution in [3.63, 3.8) is 0 Å². The van der Waals surface area contributed by atoms with E-state index in [4.69, 9.17) is 0 Å². The van der Waals surface area contributed by atoms with Crippen LogP contribution in [0.1, 0.15) is 12.8 Å². The van der Waals surface area contributed by atoms with Gasteiger partial charge in [0.15, 0.2) is 0 Å². The number of amides is 1. The first kappa shape index (κ1) is 16.0. The van der Waals surface area contributed by atoms with Gasteiger partial charge in [-0.15, -0.1) is 11.3 Å². The summed E-state index contributed by atoms with van der Waals surface area (Å²) >= 11 is 1.58. The average molecular weight is 353 g/mol. The van der Waals surface area contributed by atoms with Crippen molar-refractivity contribution in [3.05, 3.63) is 54.3 Å². The molecule has 1 amide bonds. The highest BCUT2D eigenvalue weighted by atomic mass is 32.1. The van der Waals surface area contributed by atoms with E-state index in [1.165, 1.54) is 0 Å². The molecule has 0 bridgehead atoms. The van der Waals surface area contributed by atoms with Gasteiger partial charge in [0.05, 0.1) is 0 Å². The Labute approximate surface area is 149 Å². The minimum atomic E-state index is -0.647. The summed E-state index contributed by atoms with van der Waals surface area (Å²) in [6.45, 7) is 1.60. The number of thiazole rings is 1. The highest BCUT2D eigenvalue weighted by molar-refractivity contribution is 7.13. The van der Waals surface area contributed by atoms with Crippen LogP contribution < -0.4 is 10.6 Å². The highest BCUT2D eigenvalue weighted by Gasteiger charge is 2.42. The van der Waals surface area contributed by atoms with Crippen molar-refractivity contribution in [1.82, 2.24) is 20.1 Å². The van der Waals surface area contributed by atoms with Gasteiger partial charge in [-0.3, -0.25) is 9.48 Å². The molecule has 3 heterocycles. The zero-order valence-corrected chi connectivity index (χ0v) is 14.5. The fourth-order valence-corrected chi connectivity index (χ4v) is 3.90. The number of nitrogens with zero attached hydrogens (tertiary/aromatic N) is 3. The molecular weight excluding hydrogens is 334 g/mol. The van der Waals surface area contributed by atoms with Crippen molar-refractivity contribution in [1.29, 1.82) is 0 Å². The van der Waals surface area contributed by atoms with Crippen LogP contribution in [0.3, 0.4) is 0 Å². The minimum absolute atomic E-state index is 0.0195. The van der Waals surface area contributed by atoms with Gasteiger partial charge in [-0.05, 0) is 44.1 Å². The molecular formula is C18H19N5OS. The van der Waals surface area contributed by atoms with Crippen molar-refractivity contribution in [2.45, 2.75) is 18.4 Å². The number of carbonyl (C=O) groups excluding carboxylic acids is 1. The molecule has 2 aromatic heterocycles. The molecule has 1 saturated heterocycles. The molecule has 25 heavy (non-hydrogen) atoms. The van der Waals surface area contributed by atoms with Gasteiger partial charge >= 0.3 is 0 Å². The molecule has 128 valence electrons. The van der Waals surface area contributed by atoms with Crippen LogP contribution in [0.25, 0.3) is 10.6 Å². The number of benzene rings is 1. The van der Waals surface area contributed by atoms with Gasteiger partial charge in [0.25, 0.3) is 5.91 Å². The Bertz CT molecular complexity index is 838. The summed E-state index contributed by atoms with van der Waals surface area (Å²) in [4.78, 5) is 17.5. The first-order valence-electron chi connectivity index (χ1n) is 8.30. The lowest BCUT2D eigenvalue weighted by Gasteiger charge is -2.36. The van der Waals surface area contributed by atoms with E-state index in [1.807, 2.05) is 41.9 Å². The largest absolute Gasteiger partial charge is 0.324 e. The summed E-state index contributed by atoms with van der Waals surface area (Å²) in [5, 5.41) is 13.7. The Hall–Kier alpha value is -2.51. The van der Waals surface area contributed by atoms with E-state index in [0.717, 1.165) is 29.3 Å². The fourth-order valence-electron chi connectivity index (χ4n) is 3.27. The standard InChI is InChI=1S/C18H19N5OS/c24-17(18(5-8-19-9-6-18)23-11-2-7-21-23)22-15-4-1-3-14(13-15)16-20-10-12-25-16/h1-4,7,10-13,19H,5-6,8-9H2,(H,22,24).